The van der Waals surface area contributed by atoms with Gasteiger partial charge in [-0.25, -0.2) is 0 Å². The molecule has 0 fully saturated rings. The third-order valence-corrected chi connectivity index (χ3v) is 5.39. The Morgan fingerprint density at radius 2 is 1.69 bits per heavy atom. The Labute approximate surface area is 174 Å². The fourth-order valence-electron chi connectivity index (χ4n) is 3.13. The molecule has 0 heterocycles. The average molecular weight is 415 g/mol. The molecule has 8 nitrogen and oxygen atoms in total. The lowest BCUT2D eigenvalue weighted by Gasteiger charge is -2.40. The van der Waals surface area contributed by atoms with Crippen molar-refractivity contribution in [1.82, 2.24) is 5.32 Å². The van der Waals surface area contributed by atoms with Crippen LogP contribution in [0.3, 0.4) is 0 Å². The number of carbonyl (C=O) groups excluding carboxylic acids is 2. The Kier molecular flexibility index (Phi) is 14.0. The van der Waals surface area contributed by atoms with Crippen LogP contribution >= 0.6 is 0 Å². The molecule has 0 aromatic heterocycles. The molecular weight excluding hydrogens is 376 g/mol. The Hall–Kier alpha value is -1.93. The van der Waals surface area contributed by atoms with Crippen molar-refractivity contribution in [2.75, 3.05) is 39.3 Å². The van der Waals surface area contributed by atoms with Crippen molar-refractivity contribution in [3.05, 3.63) is 12.2 Å². The quantitative estimate of drug-likeness (QED) is 0.181. The van der Waals surface area contributed by atoms with Crippen LogP contribution in [-0.4, -0.2) is 71.9 Å². The number of hydrogen-bond acceptors (Lipinski definition) is 5. The van der Waals surface area contributed by atoms with E-state index in [0.29, 0.717) is 56.5 Å². The summed E-state index contributed by atoms with van der Waals surface area (Å²) in [6.45, 7) is 7.29. The minimum atomic E-state index is -1.12. The number of quaternary nitrogens is 1. The molecule has 0 aliphatic rings. The van der Waals surface area contributed by atoms with Gasteiger partial charge in [0, 0.05) is 31.1 Å². The van der Waals surface area contributed by atoms with E-state index in [9.17, 15) is 24.6 Å². The van der Waals surface area contributed by atoms with Gasteiger partial charge in [0.2, 0.25) is 5.91 Å². The highest BCUT2D eigenvalue weighted by molar-refractivity contribution is 5.75. The first-order chi connectivity index (χ1) is 13.7. The third kappa shape index (κ3) is 12.3. The molecule has 0 aromatic carbocycles. The van der Waals surface area contributed by atoms with Crippen LogP contribution in [0, 0.1) is 11.8 Å². The van der Waals surface area contributed by atoms with Gasteiger partial charge in [0.25, 0.3) is 0 Å². The maximum Gasteiger partial charge on any atom is 0.306 e. The zero-order chi connectivity index (χ0) is 22.3. The van der Waals surface area contributed by atoms with E-state index in [1.165, 1.54) is 0 Å². The molecule has 0 aromatic rings. The highest BCUT2D eigenvalue weighted by atomic mass is 16.4. The van der Waals surface area contributed by atoms with Gasteiger partial charge < -0.3 is 29.9 Å². The molecule has 0 radical (unpaired) electrons. The number of carbonyl (C=O) groups is 3. The molecule has 3 unspecified atom stereocenters. The van der Waals surface area contributed by atoms with E-state index < -0.39 is 23.8 Å². The summed E-state index contributed by atoms with van der Waals surface area (Å²) in [4.78, 5) is 34.3. The predicted octanol–water partition coefficient (Wildman–Crippen LogP) is 0.545. The van der Waals surface area contributed by atoms with Crippen molar-refractivity contribution in [3.8, 4) is 0 Å². The molecule has 0 rings (SSSR count). The summed E-state index contributed by atoms with van der Waals surface area (Å²) in [5.74, 6) is -3.22. The lowest BCUT2D eigenvalue weighted by molar-refractivity contribution is -0.928. The fraction of sp³-hybridized carbons (Fsp3) is 0.762. The summed E-state index contributed by atoms with van der Waals surface area (Å²) in [5.41, 5.74) is 0. The van der Waals surface area contributed by atoms with Crippen molar-refractivity contribution in [1.29, 1.82) is 0 Å². The molecule has 0 aliphatic carbocycles. The van der Waals surface area contributed by atoms with Crippen LogP contribution in [0.5, 0.6) is 0 Å². The lowest BCUT2D eigenvalue weighted by Crippen LogP contribution is -2.55. The van der Waals surface area contributed by atoms with Crippen LogP contribution in [0.25, 0.3) is 0 Å². The number of allylic oxidation sites excluding steroid dienone is 2. The number of carboxylic acids is 2. The van der Waals surface area contributed by atoms with Gasteiger partial charge in [0.15, 0.2) is 0 Å². The lowest BCUT2D eigenvalue weighted by atomic mass is 10.0. The highest BCUT2D eigenvalue weighted by Crippen LogP contribution is 2.16. The molecule has 0 spiro atoms. The maximum absolute atomic E-state index is 12.0. The van der Waals surface area contributed by atoms with Crippen LogP contribution in [0.4, 0.5) is 0 Å². The summed E-state index contributed by atoms with van der Waals surface area (Å²) in [6.07, 6.45) is 6.78. The van der Waals surface area contributed by atoms with E-state index in [-0.39, 0.29) is 12.5 Å². The van der Waals surface area contributed by atoms with Gasteiger partial charge in [-0.2, -0.15) is 0 Å². The Balaban J connectivity index is 4.93. The zero-order valence-corrected chi connectivity index (χ0v) is 18.1. The van der Waals surface area contributed by atoms with Gasteiger partial charge in [0.1, 0.15) is 6.54 Å². The Bertz CT molecular complexity index is 511. The van der Waals surface area contributed by atoms with Gasteiger partial charge in [-0.3, -0.25) is 9.59 Å². The molecule has 0 aliphatic heterocycles. The van der Waals surface area contributed by atoms with Gasteiger partial charge in [-0.15, -0.1) is 0 Å². The number of nitrogens with zero attached hydrogens (tertiary/aromatic N) is 1. The Morgan fingerprint density at radius 3 is 2.21 bits per heavy atom. The fourth-order valence-corrected chi connectivity index (χ4v) is 3.13. The predicted molar refractivity (Wildman–Crippen MR) is 109 cm³/mol. The topological polar surface area (TPSA) is 127 Å². The SMILES string of the molecule is C/C=C/CCCC(=O)NCC[N+](CCO)(CCC(C)C(=O)[O-])CCC(C)C(=O)O. The standard InChI is InChI=1S/C21H38N2O6/c1-4-5-6-7-8-19(25)22-11-14-23(15-16-24,12-9-17(2)20(26)27)13-10-18(3)21(28)29/h4-5,17-18,24H,6-16H2,1-3H3,(H2-,22,25,26,27,28,29)/b5-4+. The zero-order valence-electron chi connectivity index (χ0n) is 18.1. The molecule has 0 saturated carbocycles. The van der Waals surface area contributed by atoms with E-state index in [2.05, 4.69) is 5.32 Å². The van der Waals surface area contributed by atoms with E-state index in [1.54, 1.807) is 13.8 Å². The van der Waals surface area contributed by atoms with E-state index in [1.807, 2.05) is 19.1 Å². The van der Waals surface area contributed by atoms with Gasteiger partial charge in [-0.1, -0.05) is 26.0 Å². The number of rotatable bonds is 17. The van der Waals surface area contributed by atoms with Gasteiger partial charge >= 0.3 is 5.97 Å². The number of carboxylic acid groups (broad SMARTS) is 2. The number of aliphatic hydroxyl groups is 1. The largest absolute Gasteiger partial charge is 0.550 e. The molecule has 3 N–H and O–H groups in total. The number of nitrogens with one attached hydrogen (secondary N) is 1. The first-order valence-electron chi connectivity index (χ1n) is 10.4. The number of unbranched alkanes of at least 4 members (excludes halogenated alkanes) is 1. The van der Waals surface area contributed by atoms with Crippen LogP contribution in [0.2, 0.25) is 0 Å². The summed E-state index contributed by atoms with van der Waals surface area (Å²) in [5, 5.41) is 32.7. The average Bonchev–Trinajstić information content (AvgIpc) is 2.67. The molecule has 8 heteroatoms. The van der Waals surface area contributed by atoms with E-state index >= 15 is 0 Å². The van der Waals surface area contributed by atoms with Gasteiger partial charge in [0.05, 0.1) is 38.7 Å². The molecule has 29 heavy (non-hydrogen) atoms. The van der Waals surface area contributed by atoms with Gasteiger partial charge in [-0.05, 0) is 19.8 Å². The number of aliphatic carboxylic acids is 2. The molecule has 168 valence electrons. The second-order valence-electron chi connectivity index (χ2n) is 7.81. The van der Waals surface area contributed by atoms with Crippen molar-refractivity contribution in [2.24, 2.45) is 11.8 Å². The van der Waals surface area contributed by atoms with Crippen molar-refractivity contribution in [2.45, 2.75) is 52.9 Å². The highest BCUT2D eigenvalue weighted by Gasteiger charge is 2.29. The van der Waals surface area contributed by atoms with Crippen molar-refractivity contribution >= 4 is 17.8 Å². The Morgan fingerprint density at radius 1 is 1.07 bits per heavy atom. The van der Waals surface area contributed by atoms with Crippen LogP contribution in [0.1, 0.15) is 52.9 Å². The summed E-state index contributed by atoms with van der Waals surface area (Å²) >= 11 is 0. The van der Waals surface area contributed by atoms with Crippen LogP contribution in [-0.2, 0) is 14.4 Å². The maximum atomic E-state index is 12.0. The monoisotopic (exact) mass is 414 g/mol. The number of aliphatic hydroxyl groups excluding tert-OH is 1. The molecule has 0 bridgehead atoms. The van der Waals surface area contributed by atoms with E-state index in [0.717, 1.165) is 12.8 Å². The third-order valence-electron chi connectivity index (χ3n) is 5.39. The first-order valence-corrected chi connectivity index (χ1v) is 10.4. The van der Waals surface area contributed by atoms with E-state index in [4.69, 9.17) is 5.11 Å². The minimum Gasteiger partial charge on any atom is -0.550 e. The molecule has 3 atom stereocenters. The minimum absolute atomic E-state index is 0.0430. The molecule has 1 amide bonds. The van der Waals surface area contributed by atoms with Crippen LogP contribution in [0.15, 0.2) is 12.2 Å². The first kappa shape index (κ1) is 27.1. The van der Waals surface area contributed by atoms with Crippen LogP contribution < -0.4 is 10.4 Å². The summed E-state index contributed by atoms with van der Waals surface area (Å²) in [6, 6.07) is 0. The number of hydrogen-bond donors (Lipinski definition) is 3. The normalized spacial score (nSPS) is 15.6. The molecular formula is C21H38N2O6. The summed E-state index contributed by atoms with van der Waals surface area (Å²) in [7, 11) is 0. The van der Waals surface area contributed by atoms with Crippen molar-refractivity contribution in [3.63, 3.8) is 0 Å². The van der Waals surface area contributed by atoms with Crippen molar-refractivity contribution < 1.29 is 34.2 Å². The summed E-state index contributed by atoms with van der Waals surface area (Å²) < 4.78 is 0.366. The second-order valence-corrected chi connectivity index (χ2v) is 7.81. The second kappa shape index (κ2) is 15.0. The molecule has 0 saturated heterocycles. The smallest absolute Gasteiger partial charge is 0.306 e. The number of amides is 1.